The number of nitrogens with zero attached hydrogens (tertiary/aromatic N) is 2. The molecule has 5 nitrogen and oxygen atoms in total. The summed E-state index contributed by atoms with van der Waals surface area (Å²) in [4.78, 5) is 12.6. The van der Waals surface area contributed by atoms with Crippen LogP contribution in [0.1, 0.15) is 70.0 Å². The summed E-state index contributed by atoms with van der Waals surface area (Å²) in [6, 6.07) is 0.173. The van der Waals surface area contributed by atoms with Gasteiger partial charge in [-0.25, -0.2) is 4.79 Å². The molecule has 0 aliphatic heterocycles. The predicted octanol–water partition coefficient (Wildman–Crippen LogP) is 3.61. The second-order valence-corrected chi connectivity index (χ2v) is 8.71. The number of aromatic nitrogens is 2. The highest BCUT2D eigenvalue weighted by atomic mass is 16.2. The fourth-order valence-corrected chi connectivity index (χ4v) is 5.31. The molecule has 2 bridgehead atoms. The van der Waals surface area contributed by atoms with Gasteiger partial charge >= 0.3 is 6.03 Å². The van der Waals surface area contributed by atoms with E-state index in [2.05, 4.69) is 36.5 Å². The van der Waals surface area contributed by atoms with Gasteiger partial charge in [0.05, 0.1) is 11.7 Å². The lowest BCUT2D eigenvalue weighted by molar-refractivity contribution is 0.123. The third kappa shape index (κ3) is 2.35. The average molecular weight is 332 g/mol. The first-order valence-electron chi connectivity index (χ1n) is 9.15. The third-order valence-corrected chi connectivity index (χ3v) is 7.44. The Balaban J connectivity index is 1.67. The molecule has 2 saturated carbocycles. The second-order valence-electron chi connectivity index (χ2n) is 8.71. The zero-order chi connectivity index (χ0) is 17.9. The van der Waals surface area contributed by atoms with Gasteiger partial charge < -0.3 is 10.6 Å². The van der Waals surface area contributed by atoms with Crippen LogP contribution in [0.5, 0.6) is 0 Å². The molecule has 4 atom stereocenters. The Morgan fingerprint density at radius 3 is 2.46 bits per heavy atom. The zero-order valence-electron chi connectivity index (χ0n) is 16.2. The van der Waals surface area contributed by atoms with Crippen molar-refractivity contribution in [1.82, 2.24) is 20.4 Å². The van der Waals surface area contributed by atoms with Crippen molar-refractivity contribution in [2.75, 3.05) is 0 Å². The lowest BCUT2D eigenvalue weighted by Crippen LogP contribution is -2.50. The summed E-state index contributed by atoms with van der Waals surface area (Å²) >= 11 is 0. The Morgan fingerprint density at radius 2 is 2.00 bits per heavy atom. The molecule has 2 amide bonds. The van der Waals surface area contributed by atoms with Crippen molar-refractivity contribution in [2.45, 2.75) is 72.9 Å². The van der Waals surface area contributed by atoms with Crippen LogP contribution in [0.25, 0.3) is 0 Å². The number of carbonyl (C=O) groups excluding carboxylic acids is 1. The van der Waals surface area contributed by atoms with E-state index in [0.29, 0.717) is 5.41 Å². The van der Waals surface area contributed by atoms with Crippen molar-refractivity contribution in [3.8, 4) is 0 Å². The van der Waals surface area contributed by atoms with Crippen LogP contribution in [0.15, 0.2) is 0 Å². The lowest BCUT2D eigenvalue weighted by Gasteiger charge is -2.39. The van der Waals surface area contributed by atoms with Gasteiger partial charge in [-0.3, -0.25) is 4.68 Å². The molecule has 0 radical (unpaired) electrons. The first-order chi connectivity index (χ1) is 11.1. The highest BCUT2D eigenvalue weighted by Crippen LogP contribution is 2.65. The fourth-order valence-electron chi connectivity index (χ4n) is 5.31. The van der Waals surface area contributed by atoms with E-state index < -0.39 is 0 Å². The van der Waals surface area contributed by atoms with E-state index in [9.17, 15) is 4.79 Å². The Morgan fingerprint density at radius 1 is 1.33 bits per heavy atom. The number of rotatable bonds is 3. The SMILES string of the molecule is Cc1nn(C)c(C)c1[C@@H](C)NC(=O)N[C@H]1C[C@H]2CC[C@@]1(C)C2(C)C. The topological polar surface area (TPSA) is 59.0 Å². The summed E-state index contributed by atoms with van der Waals surface area (Å²) in [5, 5.41) is 10.8. The van der Waals surface area contributed by atoms with Crippen LogP contribution in [-0.2, 0) is 7.05 Å². The van der Waals surface area contributed by atoms with Crippen molar-refractivity contribution in [1.29, 1.82) is 0 Å². The van der Waals surface area contributed by atoms with Crippen LogP contribution in [0.3, 0.4) is 0 Å². The molecule has 3 rings (SSSR count). The molecule has 5 heteroatoms. The number of aryl methyl sites for hydroxylation is 2. The largest absolute Gasteiger partial charge is 0.335 e. The standard InChI is InChI=1S/C19H32N4O/c1-11(16-12(2)22-23(7)13(16)3)20-17(24)21-15-10-14-8-9-19(15,6)18(14,4)5/h11,14-15H,8-10H2,1-7H3,(H2,20,21,24)/t11-,14-,15+,19-/m1/s1. The molecule has 0 saturated heterocycles. The van der Waals surface area contributed by atoms with Crippen LogP contribution in [0.4, 0.5) is 4.79 Å². The number of urea groups is 1. The first-order valence-corrected chi connectivity index (χ1v) is 9.15. The van der Waals surface area contributed by atoms with E-state index in [1.807, 2.05) is 32.5 Å². The van der Waals surface area contributed by atoms with Crippen LogP contribution in [0, 0.1) is 30.6 Å². The average Bonchev–Trinajstić information content (AvgIpc) is 2.92. The van der Waals surface area contributed by atoms with Gasteiger partial charge in [-0.15, -0.1) is 0 Å². The Hall–Kier alpha value is -1.52. The molecular weight excluding hydrogens is 300 g/mol. The Labute approximate surface area is 145 Å². The number of amides is 2. The number of hydrogen-bond acceptors (Lipinski definition) is 2. The quantitative estimate of drug-likeness (QED) is 0.888. The summed E-state index contributed by atoms with van der Waals surface area (Å²) in [6.45, 7) is 13.2. The van der Waals surface area contributed by atoms with Gasteiger partial charge in [0, 0.05) is 24.3 Å². The third-order valence-electron chi connectivity index (χ3n) is 7.44. The minimum Gasteiger partial charge on any atom is -0.335 e. The Bertz CT molecular complexity index is 663. The number of carbonyl (C=O) groups is 1. The van der Waals surface area contributed by atoms with Gasteiger partial charge in [-0.2, -0.15) is 5.10 Å². The van der Waals surface area contributed by atoms with E-state index in [0.717, 1.165) is 29.3 Å². The minimum absolute atomic E-state index is 0.0434. The van der Waals surface area contributed by atoms with Gasteiger partial charge in [0.25, 0.3) is 0 Å². The molecule has 0 spiro atoms. The summed E-state index contributed by atoms with van der Waals surface area (Å²) in [6.07, 6.45) is 3.62. The normalized spacial score (nSPS) is 32.0. The van der Waals surface area contributed by atoms with Crippen molar-refractivity contribution in [2.24, 2.45) is 23.8 Å². The lowest BCUT2D eigenvalue weighted by atomic mass is 9.69. The molecule has 134 valence electrons. The summed E-state index contributed by atoms with van der Waals surface area (Å²) in [5.74, 6) is 0.730. The van der Waals surface area contributed by atoms with Crippen LogP contribution < -0.4 is 10.6 Å². The van der Waals surface area contributed by atoms with E-state index in [1.165, 1.54) is 12.8 Å². The number of hydrogen-bond donors (Lipinski definition) is 2. The monoisotopic (exact) mass is 332 g/mol. The van der Waals surface area contributed by atoms with E-state index >= 15 is 0 Å². The molecule has 0 aromatic carbocycles. The molecule has 2 N–H and O–H groups in total. The molecule has 1 aromatic heterocycles. The van der Waals surface area contributed by atoms with Crippen molar-refractivity contribution < 1.29 is 4.79 Å². The number of fused-ring (bicyclic) bond motifs is 2. The first kappa shape index (κ1) is 17.3. The maximum atomic E-state index is 12.6. The van der Waals surface area contributed by atoms with Crippen LogP contribution >= 0.6 is 0 Å². The maximum Gasteiger partial charge on any atom is 0.315 e. The van der Waals surface area contributed by atoms with Crippen molar-refractivity contribution in [3.63, 3.8) is 0 Å². The molecule has 1 heterocycles. The molecule has 2 fully saturated rings. The number of nitrogens with one attached hydrogen (secondary N) is 2. The highest BCUT2D eigenvalue weighted by molar-refractivity contribution is 5.75. The maximum absolute atomic E-state index is 12.6. The van der Waals surface area contributed by atoms with Gasteiger partial charge in [-0.1, -0.05) is 20.8 Å². The van der Waals surface area contributed by atoms with Gasteiger partial charge in [0.1, 0.15) is 0 Å². The van der Waals surface area contributed by atoms with Gasteiger partial charge in [-0.05, 0) is 56.8 Å². The molecule has 2 aliphatic rings. The van der Waals surface area contributed by atoms with Crippen LogP contribution in [-0.4, -0.2) is 21.9 Å². The molecule has 0 unspecified atom stereocenters. The molecule has 1 aromatic rings. The van der Waals surface area contributed by atoms with E-state index in [4.69, 9.17) is 0 Å². The zero-order valence-corrected chi connectivity index (χ0v) is 16.2. The summed E-state index contributed by atoms with van der Waals surface area (Å²) < 4.78 is 1.88. The highest BCUT2D eigenvalue weighted by Gasteiger charge is 2.61. The molecule has 2 aliphatic carbocycles. The van der Waals surface area contributed by atoms with E-state index in [-0.39, 0.29) is 23.5 Å². The molecular formula is C19H32N4O. The minimum atomic E-state index is -0.0558. The van der Waals surface area contributed by atoms with Gasteiger partial charge in [0.2, 0.25) is 0 Å². The van der Waals surface area contributed by atoms with Crippen LogP contribution in [0.2, 0.25) is 0 Å². The van der Waals surface area contributed by atoms with Gasteiger partial charge in [0.15, 0.2) is 0 Å². The van der Waals surface area contributed by atoms with Crippen molar-refractivity contribution >= 4 is 6.03 Å². The Kier molecular flexibility index (Phi) is 3.97. The molecule has 24 heavy (non-hydrogen) atoms. The fraction of sp³-hybridized carbons (Fsp3) is 0.789. The summed E-state index contributed by atoms with van der Waals surface area (Å²) in [7, 11) is 1.94. The predicted molar refractivity (Wildman–Crippen MR) is 95.8 cm³/mol. The summed E-state index contributed by atoms with van der Waals surface area (Å²) in [5.41, 5.74) is 3.72. The van der Waals surface area contributed by atoms with E-state index in [1.54, 1.807) is 0 Å². The second kappa shape index (κ2) is 5.50. The smallest absolute Gasteiger partial charge is 0.315 e. The van der Waals surface area contributed by atoms with Crippen molar-refractivity contribution in [3.05, 3.63) is 17.0 Å².